The summed E-state index contributed by atoms with van der Waals surface area (Å²) in [6.07, 6.45) is 0. The fourth-order valence-electron chi connectivity index (χ4n) is 1.08. The van der Waals surface area contributed by atoms with Gasteiger partial charge in [-0.25, -0.2) is 9.97 Å². The highest BCUT2D eigenvalue weighted by molar-refractivity contribution is 7.99. The number of hydrogen-bond acceptors (Lipinski definition) is 6. The molecule has 90 valence electrons. The van der Waals surface area contributed by atoms with Crippen molar-refractivity contribution in [3.8, 4) is 0 Å². The van der Waals surface area contributed by atoms with E-state index in [0.717, 1.165) is 10.8 Å². The van der Waals surface area contributed by atoms with Gasteiger partial charge in [-0.2, -0.15) is 0 Å². The maximum Gasteiger partial charge on any atom is 0.157 e. The molecule has 0 atom stereocenters. The van der Waals surface area contributed by atoms with E-state index < -0.39 is 0 Å². The Bertz CT molecular complexity index is 297. The molecule has 2 N–H and O–H groups in total. The quantitative estimate of drug-likeness (QED) is 0.553. The number of rotatable bonds is 7. The number of aliphatic hydroxyl groups excluding tert-OH is 1. The van der Waals surface area contributed by atoms with Gasteiger partial charge in [-0.3, -0.25) is 0 Å². The fraction of sp³-hybridized carbons (Fsp3) is 0.600. The number of anilines is 1. The van der Waals surface area contributed by atoms with Gasteiger partial charge in [0.05, 0.1) is 6.61 Å². The molecule has 1 aromatic heterocycles. The summed E-state index contributed by atoms with van der Waals surface area (Å²) in [6, 6.07) is 1.86. The van der Waals surface area contributed by atoms with Crippen LogP contribution in [0.25, 0.3) is 0 Å². The molecule has 0 radical (unpaired) electrons. The molecule has 0 amide bonds. The highest BCUT2D eigenvalue weighted by atomic mass is 32.2. The zero-order valence-electron chi connectivity index (χ0n) is 9.56. The Morgan fingerprint density at radius 3 is 2.94 bits per heavy atom. The molecule has 16 heavy (non-hydrogen) atoms. The lowest BCUT2D eigenvalue weighted by molar-refractivity contribution is 0.128. The van der Waals surface area contributed by atoms with Crippen molar-refractivity contribution in [1.82, 2.24) is 9.97 Å². The molecule has 0 saturated carbocycles. The first-order valence-electron chi connectivity index (χ1n) is 5.17. The van der Waals surface area contributed by atoms with Crippen molar-refractivity contribution in [3.63, 3.8) is 0 Å². The molecule has 0 aliphatic rings. The summed E-state index contributed by atoms with van der Waals surface area (Å²) in [5.41, 5.74) is 0. The van der Waals surface area contributed by atoms with E-state index in [1.54, 1.807) is 0 Å². The second-order valence-corrected chi connectivity index (χ2v) is 4.08. The summed E-state index contributed by atoms with van der Waals surface area (Å²) in [6.45, 7) is 3.14. The molecular formula is C10H17N3O2S. The first-order valence-corrected chi connectivity index (χ1v) is 6.15. The number of nitrogens with one attached hydrogen (secondary N) is 1. The van der Waals surface area contributed by atoms with Crippen molar-refractivity contribution in [2.75, 3.05) is 31.3 Å². The molecule has 1 rings (SSSR count). The van der Waals surface area contributed by atoms with Gasteiger partial charge in [-0.15, -0.1) is 11.8 Å². The van der Waals surface area contributed by atoms with Crippen LogP contribution in [0, 0.1) is 0 Å². The lowest BCUT2D eigenvalue weighted by Crippen LogP contribution is -2.04. The minimum absolute atomic E-state index is 0.143. The maximum absolute atomic E-state index is 8.76. The van der Waals surface area contributed by atoms with Crippen LogP contribution in [0.1, 0.15) is 12.7 Å². The summed E-state index contributed by atoms with van der Waals surface area (Å²) in [5.74, 6) is 2.06. The van der Waals surface area contributed by atoms with E-state index >= 15 is 0 Å². The van der Waals surface area contributed by atoms with E-state index in [2.05, 4.69) is 15.3 Å². The van der Waals surface area contributed by atoms with Crippen LogP contribution >= 0.6 is 11.8 Å². The Morgan fingerprint density at radius 1 is 1.50 bits per heavy atom. The Labute approximate surface area is 99.6 Å². The summed E-state index contributed by atoms with van der Waals surface area (Å²) in [4.78, 5) is 8.61. The average Bonchev–Trinajstić information content (AvgIpc) is 2.33. The van der Waals surface area contributed by atoms with Crippen LogP contribution in [0.3, 0.4) is 0 Å². The maximum atomic E-state index is 8.76. The fourth-order valence-corrected chi connectivity index (χ4v) is 1.75. The molecule has 0 saturated heterocycles. The van der Waals surface area contributed by atoms with Crippen LogP contribution in [0.5, 0.6) is 0 Å². The third kappa shape index (κ3) is 4.34. The summed E-state index contributed by atoms with van der Waals surface area (Å²) in [5, 5.41) is 12.6. The van der Waals surface area contributed by atoms with E-state index in [-0.39, 0.29) is 6.61 Å². The van der Waals surface area contributed by atoms with Crippen molar-refractivity contribution < 1.29 is 9.84 Å². The zero-order chi connectivity index (χ0) is 11.8. The first kappa shape index (κ1) is 13.2. The third-order valence-corrected chi connectivity index (χ3v) is 2.67. The van der Waals surface area contributed by atoms with Crippen LogP contribution < -0.4 is 5.32 Å². The second kappa shape index (κ2) is 7.43. The van der Waals surface area contributed by atoms with Gasteiger partial charge < -0.3 is 15.2 Å². The smallest absolute Gasteiger partial charge is 0.157 e. The van der Waals surface area contributed by atoms with Gasteiger partial charge >= 0.3 is 0 Å². The number of aliphatic hydroxyl groups is 1. The predicted molar refractivity (Wildman–Crippen MR) is 64.7 cm³/mol. The van der Waals surface area contributed by atoms with Gasteiger partial charge in [0.1, 0.15) is 17.5 Å². The Morgan fingerprint density at radius 2 is 2.31 bits per heavy atom. The SMILES string of the molecule is CCOCc1nc(NC)cc(SCCO)n1. The van der Waals surface area contributed by atoms with E-state index in [1.165, 1.54) is 11.8 Å². The summed E-state index contributed by atoms with van der Waals surface area (Å²) in [7, 11) is 1.81. The number of ether oxygens (including phenoxy) is 1. The molecule has 0 aliphatic carbocycles. The highest BCUT2D eigenvalue weighted by Crippen LogP contribution is 2.18. The molecule has 1 aromatic rings. The molecular weight excluding hydrogens is 226 g/mol. The van der Waals surface area contributed by atoms with Crippen LogP contribution in [-0.2, 0) is 11.3 Å². The number of hydrogen-bond donors (Lipinski definition) is 2. The van der Waals surface area contributed by atoms with E-state index in [9.17, 15) is 0 Å². The minimum Gasteiger partial charge on any atom is -0.396 e. The lowest BCUT2D eigenvalue weighted by Gasteiger charge is -2.07. The van der Waals surface area contributed by atoms with Gasteiger partial charge in [0.2, 0.25) is 0 Å². The predicted octanol–water partition coefficient (Wildman–Crippen LogP) is 1.14. The number of aromatic nitrogens is 2. The number of thioether (sulfide) groups is 1. The van der Waals surface area contributed by atoms with Crippen molar-refractivity contribution in [1.29, 1.82) is 0 Å². The highest BCUT2D eigenvalue weighted by Gasteiger charge is 2.04. The number of nitrogens with zero attached hydrogens (tertiary/aromatic N) is 2. The van der Waals surface area contributed by atoms with Gasteiger partial charge in [-0.05, 0) is 6.92 Å². The Kier molecular flexibility index (Phi) is 6.14. The molecule has 5 nitrogen and oxygen atoms in total. The van der Waals surface area contributed by atoms with E-state index in [0.29, 0.717) is 24.8 Å². The first-order chi connectivity index (χ1) is 7.80. The lowest BCUT2D eigenvalue weighted by atomic mass is 10.5. The van der Waals surface area contributed by atoms with Crippen molar-refractivity contribution in [3.05, 3.63) is 11.9 Å². The summed E-state index contributed by atoms with van der Waals surface area (Å²) >= 11 is 1.50. The zero-order valence-corrected chi connectivity index (χ0v) is 10.4. The minimum atomic E-state index is 0.143. The standard InChI is InChI=1S/C10H17N3O2S/c1-3-15-7-9-12-8(11-2)6-10(13-9)16-5-4-14/h6,14H,3-5,7H2,1-2H3,(H,11,12,13). The van der Waals surface area contributed by atoms with Crippen molar-refractivity contribution in [2.24, 2.45) is 0 Å². The molecule has 0 fully saturated rings. The molecule has 1 heterocycles. The molecule has 0 aliphatic heterocycles. The topological polar surface area (TPSA) is 67.3 Å². The molecule has 0 spiro atoms. The van der Waals surface area contributed by atoms with Crippen LogP contribution in [-0.4, -0.2) is 41.1 Å². The third-order valence-electron chi connectivity index (χ3n) is 1.78. The van der Waals surface area contributed by atoms with Crippen molar-refractivity contribution >= 4 is 17.6 Å². The van der Waals surface area contributed by atoms with Crippen LogP contribution in [0.4, 0.5) is 5.82 Å². The monoisotopic (exact) mass is 243 g/mol. The van der Waals surface area contributed by atoms with Crippen LogP contribution in [0.2, 0.25) is 0 Å². The van der Waals surface area contributed by atoms with Crippen LogP contribution in [0.15, 0.2) is 11.1 Å². The van der Waals surface area contributed by atoms with Gasteiger partial charge in [-0.1, -0.05) is 0 Å². The molecule has 6 heteroatoms. The average molecular weight is 243 g/mol. The normalized spacial score (nSPS) is 10.4. The Balaban J connectivity index is 2.74. The van der Waals surface area contributed by atoms with E-state index in [1.807, 2.05) is 20.0 Å². The molecule has 0 aromatic carbocycles. The molecule has 0 bridgehead atoms. The van der Waals surface area contributed by atoms with Gasteiger partial charge in [0.15, 0.2) is 5.82 Å². The second-order valence-electron chi connectivity index (χ2n) is 2.97. The van der Waals surface area contributed by atoms with Gasteiger partial charge in [0.25, 0.3) is 0 Å². The molecule has 0 unspecified atom stereocenters. The van der Waals surface area contributed by atoms with E-state index in [4.69, 9.17) is 9.84 Å². The largest absolute Gasteiger partial charge is 0.396 e. The Hall–Kier alpha value is -0.850. The van der Waals surface area contributed by atoms with Gasteiger partial charge in [0, 0.05) is 25.5 Å². The summed E-state index contributed by atoms with van der Waals surface area (Å²) < 4.78 is 5.27. The van der Waals surface area contributed by atoms with Crippen molar-refractivity contribution in [2.45, 2.75) is 18.6 Å².